The van der Waals surface area contributed by atoms with E-state index < -0.39 is 9.84 Å². The van der Waals surface area contributed by atoms with Crippen molar-refractivity contribution in [2.75, 3.05) is 38.2 Å². The molecule has 0 spiro atoms. The highest BCUT2D eigenvalue weighted by molar-refractivity contribution is 7.91. The predicted molar refractivity (Wildman–Crippen MR) is 89.1 cm³/mol. The van der Waals surface area contributed by atoms with Gasteiger partial charge in [-0.05, 0) is 31.2 Å². The quantitative estimate of drug-likeness (QED) is 0.857. The topological polar surface area (TPSA) is 69.7 Å². The largest absolute Gasteiger partial charge is 0.338 e. The van der Waals surface area contributed by atoms with Gasteiger partial charge in [-0.15, -0.1) is 0 Å². The molecule has 0 bridgehead atoms. The van der Waals surface area contributed by atoms with Gasteiger partial charge >= 0.3 is 6.03 Å². The van der Waals surface area contributed by atoms with Gasteiger partial charge in [0.15, 0.2) is 9.84 Å². The second-order valence-corrected chi connectivity index (χ2v) is 8.65. The number of sulfone groups is 1. The highest BCUT2D eigenvalue weighted by atomic mass is 32.2. The van der Waals surface area contributed by atoms with Crippen molar-refractivity contribution >= 4 is 15.9 Å². The van der Waals surface area contributed by atoms with Crippen molar-refractivity contribution in [3.05, 3.63) is 35.6 Å². The lowest BCUT2D eigenvalue weighted by molar-refractivity contribution is 0.0835. The molecule has 3 rings (SSSR count). The Hall–Kier alpha value is -1.67. The van der Waals surface area contributed by atoms with Crippen LogP contribution in [0.1, 0.15) is 5.56 Å². The number of nitrogens with one attached hydrogen (secondary N) is 1. The molecule has 132 valence electrons. The Morgan fingerprint density at radius 2 is 1.88 bits per heavy atom. The van der Waals surface area contributed by atoms with Gasteiger partial charge in [0, 0.05) is 25.7 Å². The lowest BCUT2D eigenvalue weighted by Gasteiger charge is -2.42. The van der Waals surface area contributed by atoms with E-state index in [1.165, 1.54) is 12.1 Å². The van der Waals surface area contributed by atoms with E-state index in [1.807, 2.05) is 11.9 Å². The Morgan fingerprint density at radius 3 is 2.58 bits per heavy atom. The standard InChI is InChI=1S/C16H22FN3O3S/c1-19-8-9-20(15-11-24(22,23)10-14(15)19)16(21)18-7-6-12-2-4-13(17)5-3-12/h2-5,14-15H,6-11H2,1H3,(H,18,21)/t14-,15+/m1/s1. The molecule has 2 aliphatic heterocycles. The molecule has 0 unspecified atom stereocenters. The first-order valence-electron chi connectivity index (χ1n) is 8.05. The summed E-state index contributed by atoms with van der Waals surface area (Å²) >= 11 is 0. The first kappa shape index (κ1) is 17.2. The van der Waals surface area contributed by atoms with Gasteiger partial charge < -0.3 is 10.2 Å². The predicted octanol–water partition coefficient (Wildman–Crippen LogP) is 0.491. The zero-order valence-electron chi connectivity index (χ0n) is 13.6. The number of carbonyl (C=O) groups is 1. The molecule has 2 saturated heterocycles. The molecule has 6 nitrogen and oxygen atoms in total. The number of nitrogens with zero attached hydrogens (tertiary/aromatic N) is 2. The summed E-state index contributed by atoms with van der Waals surface area (Å²) in [6.45, 7) is 1.62. The van der Waals surface area contributed by atoms with Crippen LogP contribution in [0.4, 0.5) is 9.18 Å². The second-order valence-electron chi connectivity index (χ2n) is 6.49. The molecular formula is C16H22FN3O3S. The van der Waals surface area contributed by atoms with Crippen LogP contribution < -0.4 is 5.32 Å². The molecule has 2 fully saturated rings. The number of halogens is 1. The fourth-order valence-corrected chi connectivity index (χ4v) is 5.50. The molecule has 1 N–H and O–H groups in total. The molecule has 8 heteroatoms. The van der Waals surface area contributed by atoms with E-state index in [9.17, 15) is 17.6 Å². The van der Waals surface area contributed by atoms with E-state index in [2.05, 4.69) is 5.32 Å². The van der Waals surface area contributed by atoms with E-state index in [0.717, 1.165) is 5.56 Å². The van der Waals surface area contributed by atoms with Gasteiger partial charge in [0.05, 0.1) is 17.5 Å². The van der Waals surface area contributed by atoms with Crippen LogP contribution in [0.15, 0.2) is 24.3 Å². The summed E-state index contributed by atoms with van der Waals surface area (Å²) < 4.78 is 36.7. The molecule has 1 aromatic rings. The SMILES string of the molecule is CN1CCN(C(=O)NCCc2ccc(F)cc2)[C@H]2CS(=O)(=O)C[C@H]21. The Balaban J connectivity index is 1.57. The van der Waals surface area contributed by atoms with Crippen LogP contribution >= 0.6 is 0 Å². The maximum absolute atomic E-state index is 12.9. The van der Waals surface area contributed by atoms with Crippen LogP contribution in [0.3, 0.4) is 0 Å². The average molecular weight is 355 g/mol. The number of benzene rings is 1. The van der Waals surface area contributed by atoms with E-state index in [-0.39, 0.29) is 35.4 Å². The highest BCUT2D eigenvalue weighted by Gasteiger charge is 2.46. The minimum atomic E-state index is -3.09. The van der Waals surface area contributed by atoms with Crippen LogP contribution in [-0.4, -0.2) is 74.5 Å². The Bertz CT molecular complexity index is 708. The van der Waals surface area contributed by atoms with Gasteiger partial charge in [-0.3, -0.25) is 4.90 Å². The zero-order chi connectivity index (χ0) is 17.3. The van der Waals surface area contributed by atoms with Crippen molar-refractivity contribution in [3.8, 4) is 0 Å². The molecule has 0 radical (unpaired) electrons. The number of carbonyl (C=O) groups excluding carboxylic acids is 1. The third-order valence-corrected chi connectivity index (χ3v) is 6.52. The van der Waals surface area contributed by atoms with Crippen LogP contribution in [0.2, 0.25) is 0 Å². The second kappa shape index (κ2) is 6.68. The highest BCUT2D eigenvalue weighted by Crippen LogP contribution is 2.25. The zero-order valence-corrected chi connectivity index (χ0v) is 14.4. The summed E-state index contributed by atoms with van der Waals surface area (Å²) in [6, 6.07) is 5.55. The molecule has 2 amide bonds. The van der Waals surface area contributed by atoms with Gasteiger partial charge in [0.2, 0.25) is 0 Å². The molecule has 2 aliphatic rings. The van der Waals surface area contributed by atoms with Gasteiger partial charge in [-0.1, -0.05) is 12.1 Å². The summed E-state index contributed by atoms with van der Waals surface area (Å²) in [5.74, 6) is -0.130. The van der Waals surface area contributed by atoms with Crippen LogP contribution in [0.25, 0.3) is 0 Å². The molecule has 0 saturated carbocycles. The monoisotopic (exact) mass is 355 g/mol. The first-order valence-corrected chi connectivity index (χ1v) is 9.87. The number of fused-ring (bicyclic) bond motifs is 1. The summed E-state index contributed by atoms with van der Waals surface area (Å²) in [6.07, 6.45) is 0.603. The fraction of sp³-hybridized carbons (Fsp3) is 0.562. The lowest BCUT2D eigenvalue weighted by atomic mass is 10.1. The van der Waals surface area contributed by atoms with Crippen molar-refractivity contribution in [1.29, 1.82) is 0 Å². The third kappa shape index (κ3) is 3.70. The molecule has 0 aliphatic carbocycles. The molecular weight excluding hydrogens is 333 g/mol. The van der Waals surface area contributed by atoms with Gasteiger partial charge in [-0.25, -0.2) is 17.6 Å². The van der Waals surface area contributed by atoms with Gasteiger partial charge in [-0.2, -0.15) is 0 Å². The normalized spacial score (nSPS) is 26.2. The smallest absolute Gasteiger partial charge is 0.317 e. The van der Waals surface area contributed by atoms with E-state index in [4.69, 9.17) is 0 Å². The van der Waals surface area contributed by atoms with E-state index >= 15 is 0 Å². The number of urea groups is 1. The minimum Gasteiger partial charge on any atom is -0.338 e. The number of likely N-dealkylation sites (N-methyl/N-ethyl adjacent to an activating group) is 1. The number of amides is 2. The third-order valence-electron chi connectivity index (χ3n) is 4.82. The molecule has 0 aromatic heterocycles. The van der Waals surface area contributed by atoms with E-state index in [1.54, 1.807) is 17.0 Å². The Kier molecular flexibility index (Phi) is 4.78. The van der Waals surface area contributed by atoms with Crippen LogP contribution in [0.5, 0.6) is 0 Å². The lowest BCUT2D eigenvalue weighted by Crippen LogP contribution is -2.61. The van der Waals surface area contributed by atoms with Crippen LogP contribution in [-0.2, 0) is 16.3 Å². The summed E-state index contributed by atoms with van der Waals surface area (Å²) in [7, 11) is -1.19. The molecule has 1 aromatic carbocycles. The van der Waals surface area contributed by atoms with Crippen molar-refractivity contribution in [3.63, 3.8) is 0 Å². The van der Waals surface area contributed by atoms with Gasteiger partial charge in [0.1, 0.15) is 5.82 Å². The average Bonchev–Trinajstić information content (AvgIpc) is 2.85. The van der Waals surface area contributed by atoms with Crippen molar-refractivity contribution in [2.45, 2.75) is 18.5 Å². The van der Waals surface area contributed by atoms with E-state index in [0.29, 0.717) is 26.1 Å². The number of piperazine rings is 1. The number of hydrogen-bond donors (Lipinski definition) is 1. The molecule has 24 heavy (non-hydrogen) atoms. The summed E-state index contributed by atoms with van der Waals surface area (Å²) in [5.41, 5.74) is 0.941. The van der Waals surface area contributed by atoms with Crippen molar-refractivity contribution in [2.24, 2.45) is 0 Å². The van der Waals surface area contributed by atoms with Crippen molar-refractivity contribution < 1.29 is 17.6 Å². The van der Waals surface area contributed by atoms with Crippen LogP contribution in [0, 0.1) is 5.82 Å². The molecule has 2 atom stereocenters. The number of rotatable bonds is 3. The summed E-state index contributed by atoms with van der Waals surface area (Å²) in [4.78, 5) is 16.1. The first-order chi connectivity index (χ1) is 11.4. The maximum Gasteiger partial charge on any atom is 0.317 e. The maximum atomic E-state index is 12.9. The number of hydrogen-bond acceptors (Lipinski definition) is 4. The molecule has 2 heterocycles. The van der Waals surface area contributed by atoms with Crippen molar-refractivity contribution in [1.82, 2.24) is 15.1 Å². The Labute approximate surface area is 141 Å². The Morgan fingerprint density at radius 1 is 1.21 bits per heavy atom. The fourth-order valence-electron chi connectivity index (χ4n) is 3.44. The van der Waals surface area contributed by atoms with Gasteiger partial charge in [0.25, 0.3) is 0 Å². The minimum absolute atomic E-state index is 0.0351. The summed E-state index contributed by atoms with van der Waals surface area (Å²) in [5, 5.41) is 2.85.